The molecular weight excluding hydrogens is 412 g/mol. The van der Waals surface area contributed by atoms with Gasteiger partial charge in [-0.2, -0.15) is 5.10 Å². The van der Waals surface area contributed by atoms with Gasteiger partial charge in [-0.1, -0.05) is 29.8 Å². The lowest BCUT2D eigenvalue weighted by molar-refractivity contribution is -0.131. The number of aromatic nitrogens is 4. The normalized spacial score (nSPS) is 18.7. The molecule has 2 aliphatic heterocycles. The predicted molar refractivity (Wildman–Crippen MR) is 129 cm³/mol. The molecule has 1 amide bonds. The fourth-order valence-corrected chi connectivity index (χ4v) is 5.11. The minimum absolute atomic E-state index is 0.195. The van der Waals surface area contributed by atoms with Crippen LogP contribution in [-0.4, -0.2) is 56.7 Å². The zero-order valence-electron chi connectivity index (χ0n) is 19.6. The van der Waals surface area contributed by atoms with E-state index in [0.717, 1.165) is 60.9 Å². The van der Waals surface area contributed by atoms with Crippen molar-refractivity contribution in [3.63, 3.8) is 0 Å². The molecule has 0 aliphatic carbocycles. The molecule has 0 radical (unpaired) electrons. The van der Waals surface area contributed by atoms with Crippen LogP contribution in [0, 0.1) is 6.92 Å². The van der Waals surface area contributed by atoms with Gasteiger partial charge in [0, 0.05) is 57.1 Å². The van der Waals surface area contributed by atoms with Gasteiger partial charge in [-0.25, -0.2) is 9.97 Å². The molecule has 33 heavy (non-hydrogen) atoms. The summed E-state index contributed by atoms with van der Waals surface area (Å²) in [5.74, 6) is 1.21. The Balaban J connectivity index is 1.36. The van der Waals surface area contributed by atoms with E-state index in [0.29, 0.717) is 13.0 Å². The number of hydrogen-bond donors (Lipinski definition) is 0. The zero-order valence-corrected chi connectivity index (χ0v) is 19.6. The van der Waals surface area contributed by atoms with E-state index in [1.807, 2.05) is 41.0 Å². The van der Waals surface area contributed by atoms with Crippen molar-refractivity contribution in [1.82, 2.24) is 24.6 Å². The zero-order chi connectivity index (χ0) is 22.8. The highest BCUT2D eigenvalue weighted by atomic mass is 16.2. The quantitative estimate of drug-likeness (QED) is 0.600. The number of piperidine rings is 1. The minimum atomic E-state index is 0.195. The highest BCUT2D eigenvalue weighted by Crippen LogP contribution is 2.33. The first-order valence-corrected chi connectivity index (χ1v) is 12.0. The number of aryl methyl sites for hydroxylation is 2. The molecule has 3 aromatic rings. The van der Waals surface area contributed by atoms with Crippen LogP contribution in [0.15, 0.2) is 42.7 Å². The van der Waals surface area contributed by atoms with Gasteiger partial charge in [0.1, 0.15) is 0 Å². The van der Waals surface area contributed by atoms with Gasteiger partial charge in [0.15, 0.2) is 0 Å². The Morgan fingerprint density at radius 2 is 1.97 bits per heavy atom. The largest absolute Gasteiger partial charge is 0.342 e. The molecule has 7 nitrogen and oxygen atoms in total. The fourth-order valence-electron chi connectivity index (χ4n) is 5.11. The summed E-state index contributed by atoms with van der Waals surface area (Å²) in [6, 6.07) is 10.2. The van der Waals surface area contributed by atoms with Crippen LogP contribution in [0.2, 0.25) is 0 Å². The number of anilines is 1. The van der Waals surface area contributed by atoms with Gasteiger partial charge in [0.2, 0.25) is 11.9 Å². The van der Waals surface area contributed by atoms with Crippen LogP contribution in [0.1, 0.15) is 48.4 Å². The van der Waals surface area contributed by atoms with E-state index in [-0.39, 0.29) is 11.8 Å². The summed E-state index contributed by atoms with van der Waals surface area (Å²) in [7, 11) is 1.96. The van der Waals surface area contributed by atoms with Gasteiger partial charge in [-0.15, -0.1) is 0 Å². The van der Waals surface area contributed by atoms with Gasteiger partial charge < -0.3 is 9.80 Å². The van der Waals surface area contributed by atoms with Crippen LogP contribution in [0.25, 0.3) is 11.3 Å². The SMILES string of the molecule is Cc1cccc(CC(=O)N2CCC[C@H](c3nn(C)cc3-c3ccnc(N4CCCC4)n3)C2)c1. The summed E-state index contributed by atoms with van der Waals surface area (Å²) >= 11 is 0. The first kappa shape index (κ1) is 21.6. The average Bonchev–Trinajstić information content (AvgIpc) is 3.49. The summed E-state index contributed by atoms with van der Waals surface area (Å²) in [5, 5.41) is 4.83. The van der Waals surface area contributed by atoms with Crippen molar-refractivity contribution < 1.29 is 4.79 Å². The Hall–Kier alpha value is -3.22. The van der Waals surface area contributed by atoms with E-state index < -0.39 is 0 Å². The molecule has 0 spiro atoms. The summed E-state index contributed by atoms with van der Waals surface area (Å²) in [4.78, 5) is 26.8. The van der Waals surface area contributed by atoms with E-state index in [4.69, 9.17) is 10.1 Å². The van der Waals surface area contributed by atoms with Crippen LogP contribution >= 0.6 is 0 Å². The van der Waals surface area contributed by atoms with Crippen LogP contribution in [0.4, 0.5) is 5.95 Å². The number of hydrogen-bond acceptors (Lipinski definition) is 5. The van der Waals surface area contributed by atoms with Crippen LogP contribution in [-0.2, 0) is 18.3 Å². The highest BCUT2D eigenvalue weighted by Gasteiger charge is 2.29. The van der Waals surface area contributed by atoms with Crippen LogP contribution in [0.3, 0.4) is 0 Å². The number of likely N-dealkylation sites (tertiary alicyclic amines) is 1. The molecule has 172 valence electrons. The third-order valence-electron chi connectivity index (χ3n) is 6.76. The Labute approximate surface area is 195 Å². The lowest BCUT2D eigenvalue weighted by Gasteiger charge is -2.32. The topological polar surface area (TPSA) is 67.2 Å². The molecule has 0 saturated carbocycles. The lowest BCUT2D eigenvalue weighted by Crippen LogP contribution is -2.40. The molecule has 2 aromatic heterocycles. The predicted octanol–water partition coefficient (Wildman–Crippen LogP) is 3.73. The molecule has 2 fully saturated rings. The van der Waals surface area contributed by atoms with Gasteiger partial charge in [0.05, 0.1) is 17.8 Å². The fraction of sp³-hybridized carbons (Fsp3) is 0.462. The molecule has 2 aliphatic rings. The third kappa shape index (κ3) is 4.77. The van der Waals surface area contributed by atoms with E-state index in [2.05, 4.69) is 35.1 Å². The van der Waals surface area contributed by atoms with Crippen molar-refractivity contribution in [1.29, 1.82) is 0 Å². The van der Waals surface area contributed by atoms with Crippen molar-refractivity contribution >= 4 is 11.9 Å². The number of carbonyl (C=O) groups is 1. The molecule has 5 rings (SSSR count). The summed E-state index contributed by atoms with van der Waals surface area (Å²) < 4.78 is 1.87. The van der Waals surface area contributed by atoms with Gasteiger partial charge in [-0.3, -0.25) is 9.48 Å². The number of carbonyl (C=O) groups excluding carboxylic acids is 1. The van der Waals surface area contributed by atoms with Crippen molar-refractivity contribution in [3.8, 4) is 11.3 Å². The summed E-state index contributed by atoms with van der Waals surface area (Å²) in [5.41, 5.74) is 5.28. The minimum Gasteiger partial charge on any atom is -0.342 e. The first-order chi connectivity index (χ1) is 16.1. The Kier molecular flexibility index (Phi) is 6.11. The number of nitrogens with zero attached hydrogens (tertiary/aromatic N) is 6. The summed E-state index contributed by atoms with van der Waals surface area (Å²) in [6.45, 7) is 5.62. The van der Waals surface area contributed by atoms with Crippen molar-refractivity contribution in [3.05, 3.63) is 59.5 Å². The maximum atomic E-state index is 13.1. The standard InChI is InChI=1S/C26H32N6O/c1-19-7-5-8-20(15-19)16-24(33)32-14-6-9-21(17-32)25-22(18-30(2)29-25)23-10-11-27-26(28-23)31-12-3-4-13-31/h5,7-8,10-11,15,18,21H,3-4,6,9,12-14,16-17H2,1-2H3/t21-/m0/s1. The van der Waals surface area contributed by atoms with Gasteiger partial charge >= 0.3 is 0 Å². The molecule has 0 bridgehead atoms. The Morgan fingerprint density at radius 1 is 1.12 bits per heavy atom. The number of rotatable bonds is 5. The second-order valence-electron chi connectivity index (χ2n) is 9.38. The van der Waals surface area contributed by atoms with Crippen LogP contribution in [0.5, 0.6) is 0 Å². The molecule has 0 unspecified atom stereocenters. The number of amides is 1. The molecule has 2 saturated heterocycles. The molecule has 7 heteroatoms. The van der Waals surface area contributed by atoms with Gasteiger partial charge in [0.25, 0.3) is 0 Å². The van der Waals surface area contributed by atoms with E-state index in [1.165, 1.54) is 18.4 Å². The second-order valence-corrected chi connectivity index (χ2v) is 9.38. The van der Waals surface area contributed by atoms with E-state index in [1.54, 1.807) is 0 Å². The van der Waals surface area contributed by atoms with E-state index in [9.17, 15) is 4.79 Å². The maximum Gasteiger partial charge on any atom is 0.227 e. The van der Waals surface area contributed by atoms with E-state index >= 15 is 0 Å². The average molecular weight is 445 g/mol. The Bertz CT molecular complexity index is 1130. The van der Waals surface area contributed by atoms with Crippen LogP contribution < -0.4 is 4.90 Å². The molecule has 1 aromatic carbocycles. The van der Waals surface area contributed by atoms with Crippen molar-refractivity contribution in [2.45, 2.75) is 44.9 Å². The second kappa shape index (κ2) is 9.33. The van der Waals surface area contributed by atoms with Crippen molar-refractivity contribution in [2.75, 3.05) is 31.1 Å². The molecule has 0 N–H and O–H groups in total. The highest BCUT2D eigenvalue weighted by molar-refractivity contribution is 5.79. The monoisotopic (exact) mass is 444 g/mol. The Morgan fingerprint density at radius 3 is 2.79 bits per heavy atom. The smallest absolute Gasteiger partial charge is 0.227 e. The molecular formula is C26H32N6O. The molecule has 1 atom stereocenters. The summed E-state index contributed by atoms with van der Waals surface area (Å²) in [6.07, 6.45) is 8.77. The van der Waals surface area contributed by atoms with Crippen molar-refractivity contribution in [2.24, 2.45) is 7.05 Å². The first-order valence-electron chi connectivity index (χ1n) is 12.0. The number of benzene rings is 1. The van der Waals surface area contributed by atoms with Gasteiger partial charge in [-0.05, 0) is 44.2 Å². The maximum absolute atomic E-state index is 13.1. The lowest BCUT2D eigenvalue weighted by atomic mass is 9.91. The molecule has 4 heterocycles. The third-order valence-corrected chi connectivity index (χ3v) is 6.76.